The lowest BCUT2D eigenvalue weighted by Crippen LogP contribution is -2.16. The van der Waals surface area contributed by atoms with Crippen molar-refractivity contribution in [3.63, 3.8) is 0 Å². The number of anilines is 2. The van der Waals surface area contributed by atoms with Gasteiger partial charge in [-0.25, -0.2) is 9.97 Å². The minimum absolute atomic E-state index is 0.0703. The molecule has 0 spiro atoms. The van der Waals surface area contributed by atoms with Gasteiger partial charge in [-0.15, -0.1) is 0 Å². The molecule has 2 N–H and O–H groups in total. The average Bonchev–Trinajstić information content (AvgIpc) is 3.27. The predicted octanol–water partition coefficient (Wildman–Crippen LogP) is 3.82. The number of rotatable bonds is 7. The van der Waals surface area contributed by atoms with Gasteiger partial charge >= 0.3 is 0 Å². The molecule has 7 nitrogen and oxygen atoms in total. The van der Waals surface area contributed by atoms with Crippen LogP contribution in [-0.4, -0.2) is 35.2 Å². The standard InChI is InChI=1S/C23H24N4O3/c1-16-2-5-19(6-3-16)27-23(28)18-4-7-21(26-14-18)25-13-17-8-10-24-22(12-17)30-20-9-11-29-15-20/h2-8,10,12,14,20H,9,11,13,15H2,1H3,(H,25,26)(H,27,28). The van der Waals surface area contributed by atoms with E-state index in [2.05, 4.69) is 20.6 Å². The first-order chi connectivity index (χ1) is 14.7. The van der Waals surface area contributed by atoms with Gasteiger partial charge in [0.25, 0.3) is 5.91 Å². The number of hydrogen-bond acceptors (Lipinski definition) is 6. The van der Waals surface area contributed by atoms with Crippen molar-refractivity contribution < 1.29 is 14.3 Å². The second kappa shape index (κ2) is 9.37. The summed E-state index contributed by atoms with van der Waals surface area (Å²) in [7, 11) is 0. The van der Waals surface area contributed by atoms with Gasteiger partial charge in [-0.3, -0.25) is 4.79 Å². The number of aromatic nitrogens is 2. The number of nitrogens with one attached hydrogen (secondary N) is 2. The molecule has 0 saturated carbocycles. The molecule has 1 atom stereocenters. The zero-order valence-corrected chi connectivity index (χ0v) is 16.8. The number of nitrogens with zero attached hydrogens (tertiary/aromatic N) is 2. The molecule has 4 rings (SSSR count). The fraction of sp³-hybridized carbons (Fsp3) is 0.261. The summed E-state index contributed by atoms with van der Waals surface area (Å²) in [5.74, 6) is 1.09. The Morgan fingerprint density at radius 3 is 2.77 bits per heavy atom. The van der Waals surface area contributed by atoms with Crippen molar-refractivity contribution in [1.29, 1.82) is 0 Å². The largest absolute Gasteiger partial charge is 0.472 e. The first-order valence-electron chi connectivity index (χ1n) is 9.93. The van der Waals surface area contributed by atoms with Crippen LogP contribution in [0.15, 0.2) is 60.9 Å². The Morgan fingerprint density at radius 1 is 1.17 bits per heavy atom. The highest BCUT2D eigenvalue weighted by Crippen LogP contribution is 2.17. The molecule has 1 aromatic carbocycles. The molecular weight excluding hydrogens is 380 g/mol. The van der Waals surface area contributed by atoms with Crippen molar-refractivity contribution in [2.24, 2.45) is 0 Å². The number of carbonyl (C=O) groups is 1. The second-order valence-corrected chi connectivity index (χ2v) is 7.21. The Labute approximate surface area is 175 Å². The molecule has 0 aliphatic carbocycles. The normalized spacial score (nSPS) is 15.6. The van der Waals surface area contributed by atoms with E-state index in [9.17, 15) is 4.79 Å². The molecule has 0 bridgehead atoms. The monoisotopic (exact) mass is 404 g/mol. The highest BCUT2D eigenvalue weighted by molar-refractivity contribution is 6.04. The van der Waals surface area contributed by atoms with Crippen LogP contribution in [0, 0.1) is 6.92 Å². The summed E-state index contributed by atoms with van der Waals surface area (Å²) >= 11 is 0. The molecule has 1 unspecified atom stereocenters. The molecule has 154 valence electrons. The van der Waals surface area contributed by atoms with E-state index in [1.54, 1.807) is 24.5 Å². The lowest BCUT2D eigenvalue weighted by atomic mass is 10.2. The number of hydrogen-bond donors (Lipinski definition) is 2. The summed E-state index contributed by atoms with van der Waals surface area (Å²) in [6.45, 7) is 3.92. The van der Waals surface area contributed by atoms with Gasteiger partial charge in [-0.2, -0.15) is 0 Å². The summed E-state index contributed by atoms with van der Waals surface area (Å²) in [5.41, 5.74) is 3.43. The third-order valence-corrected chi connectivity index (χ3v) is 4.78. The van der Waals surface area contributed by atoms with Crippen LogP contribution >= 0.6 is 0 Å². The number of carbonyl (C=O) groups excluding carboxylic acids is 1. The quantitative estimate of drug-likeness (QED) is 0.623. The highest BCUT2D eigenvalue weighted by Gasteiger charge is 2.17. The zero-order chi connectivity index (χ0) is 20.8. The minimum Gasteiger partial charge on any atom is -0.472 e. The summed E-state index contributed by atoms with van der Waals surface area (Å²) in [5, 5.41) is 6.12. The van der Waals surface area contributed by atoms with Crippen LogP contribution in [-0.2, 0) is 11.3 Å². The molecule has 1 saturated heterocycles. The third kappa shape index (κ3) is 5.33. The SMILES string of the molecule is Cc1ccc(NC(=O)c2ccc(NCc3ccnc(OC4CCOC4)c3)nc2)cc1. The smallest absolute Gasteiger partial charge is 0.257 e. The van der Waals surface area contributed by atoms with Gasteiger partial charge in [-0.1, -0.05) is 17.7 Å². The van der Waals surface area contributed by atoms with Gasteiger partial charge in [0, 0.05) is 37.1 Å². The van der Waals surface area contributed by atoms with Crippen molar-refractivity contribution in [3.8, 4) is 5.88 Å². The van der Waals surface area contributed by atoms with E-state index in [4.69, 9.17) is 9.47 Å². The maximum Gasteiger partial charge on any atom is 0.257 e. The van der Waals surface area contributed by atoms with Gasteiger partial charge in [0.15, 0.2) is 0 Å². The molecule has 1 aliphatic rings. The Hall–Kier alpha value is -3.45. The summed E-state index contributed by atoms with van der Waals surface area (Å²) in [6, 6.07) is 15.0. The fourth-order valence-corrected chi connectivity index (χ4v) is 3.07. The molecular formula is C23H24N4O3. The van der Waals surface area contributed by atoms with Crippen LogP contribution in [0.5, 0.6) is 5.88 Å². The molecule has 2 aromatic heterocycles. The van der Waals surface area contributed by atoms with Crippen LogP contribution in [0.25, 0.3) is 0 Å². The maximum atomic E-state index is 12.4. The first-order valence-corrected chi connectivity index (χ1v) is 9.93. The number of pyridine rings is 2. The third-order valence-electron chi connectivity index (χ3n) is 4.78. The number of aryl methyl sites for hydroxylation is 1. The van der Waals surface area contributed by atoms with E-state index in [0.717, 1.165) is 29.8 Å². The van der Waals surface area contributed by atoms with Crippen molar-refractivity contribution in [2.45, 2.75) is 26.0 Å². The Kier molecular flexibility index (Phi) is 6.20. The average molecular weight is 404 g/mol. The number of amides is 1. The summed E-state index contributed by atoms with van der Waals surface area (Å²) in [4.78, 5) is 21.0. The molecule has 7 heteroatoms. The molecule has 3 heterocycles. The topological polar surface area (TPSA) is 85.4 Å². The molecule has 1 aliphatic heterocycles. The lowest BCUT2D eigenvalue weighted by Gasteiger charge is -2.12. The number of ether oxygens (including phenoxy) is 2. The van der Waals surface area contributed by atoms with Crippen molar-refractivity contribution in [1.82, 2.24) is 9.97 Å². The summed E-state index contributed by atoms with van der Waals surface area (Å²) < 4.78 is 11.2. The van der Waals surface area contributed by atoms with Crippen LogP contribution < -0.4 is 15.4 Å². The van der Waals surface area contributed by atoms with E-state index in [0.29, 0.717) is 30.4 Å². The Balaban J connectivity index is 1.31. The van der Waals surface area contributed by atoms with E-state index >= 15 is 0 Å². The van der Waals surface area contributed by atoms with Crippen LogP contribution in [0.2, 0.25) is 0 Å². The minimum atomic E-state index is -0.190. The predicted molar refractivity (Wildman–Crippen MR) is 115 cm³/mol. The fourth-order valence-electron chi connectivity index (χ4n) is 3.07. The van der Waals surface area contributed by atoms with Gasteiger partial charge in [-0.05, 0) is 42.8 Å². The van der Waals surface area contributed by atoms with E-state index < -0.39 is 0 Å². The lowest BCUT2D eigenvalue weighted by molar-refractivity contribution is 0.102. The van der Waals surface area contributed by atoms with Gasteiger partial charge < -0.3 is 20.1 Å². The first kappa shape index (κ1) is 19.8. The molecule has 1 amide bonds. The van der Waals surface area contributed by atoms with Gasteiger partial charge in [0.2, 0.25) is 5.88 Å². The van der Waals surface area contributed by atoms with Gasteiger partial charge in [0.05, 0.1) is 18.8 Å². The van der Waals surface area contributed by atoms with Crippen molar-refractivity contribution >= 4 is 17.4 Å². The molecule has 30 heavy (non-hydrogen) atoms. The molecule has 0 radical (unpaired) electrons. The second-order valence-electron chi connectivity index (χ2n) is 7.21. The highest BCUT2D eigenvalue weighted by atomic mass is 16.5. The molecule has 1 fully saturated rings. The van der Waals surface area contributed by atoms with E-state index in [-0.39, 0.29) is 12.0 Å². The van der Waals surface area contributed by atoms with Crippen molar-refractivity contribution in [2.75, 3.05) is 23.8 Å². The van der Waals surface area contributed by atoms with Crippen LogP contribution in [0.3, 0.4) is 0 Å². The van der Waals surface area contributed by atoms with E-state index in [1.165, 1.54) is 0 Å². The van der Waals surface area contributed by atoms with Crippen molar-refractivity contribution in [3.05, 3.63) is 77.6 Å². The molecule has 3 aromatic rings. The Morgan fingerprint density at radius 2 is 2.03 bits per heavy atom. The van der Waals surface area contributed by atoms with E-state index in [1.807, 2.05) is 43.3 Å². The summed E-state index contributed by atoms with van der Waals surface area (Å²) in [6.07, 6.45) is 4.25. The van der Waals surface area contributed by atoms with Crippen LogP contribution in [0.1, 0.15) is 27.9 Å². The number of benzene rings is 1. The maximum absolute atomic E-state index is 12.4. The van der Waals surface area contributed by atoms with Gasteiger partial charge in [0.1, 0.15) is 11.9 Å². The van der Waals surface area contributed by atoms with Crippen LogP contribution in [0.4, 0.5) is 11.5 Å². The Bertz CT molecular complexity index is 984. The zero-order valence-electron chi connectivity index (χ0n) is 16.8.